The second kappa shape index (κ2) is 8.97. The molecule has 17 heavy (non-hydrogen) atoms. The van der Waals surface area contributed by atoms with Crippen LogP contribution in [0.25, 0.3) is 0 Å². The van der Waals surface area contributed by atoms with Crippen LogP contribution in [0.3, 0.4) is 0 Å². The molecule has 0 saturated carbocycles. The summed E-state index contributed by atoms with van der Waals surface area (Å²) in [6, 6.07) is 0. The lowest BCUT2D eigenvalue weighted by atomic mass is 10.4. The minimum absolute atomic E-state index is 0. The molecule has 1 aromatic heterocycles. The number of guanidine groups is 1. The SMILES string of the molecule is C=CCNC(=NC)NCCc1nc(C)no1.I. The van der Waals surface area contributed by atoms with Crippen molar-refractivity contribution in [3.05, 3.63) is 24.4 Å². The van der Waals surface area contributed by atoms with Gasteiger partial charge in [-0.1, -0.05) is 11.2 Å². The lowest BCUT2D eigenvalue weighted by Crippen LogP contribution is -2.38. The number of nitrogens with zero attached hydrogens (tertiary/aromatic N) is 3. The van der Waals surface area contributed by atoms with Gasteiger partial charge < -0.3 is 15.2 Å². The van der Waals surface area contributed by atoms with Gasteiger partial charge in [0.2, 0.25) is 5.89 Å². The van der Waals surface area contributed by atoms with Gasteiger partial charge in [-0.25, -0.2) is 0 Å². The number of aliphatic imine (C=N–C) groups is 1. The second-order valence-electron chi connectivity index (χ2n) is 3.15. The highest BCUT2D eigenvalue weighted by molar-refractivity contribution is 14.0. The Balaban J connectivity index is 0.00000256. The maximum Gasteiger partial charge on any atom is 0.228 e. The molecule has 0 spiro atoms. The summed E-state index contributed by atoms with van der Waals surface area (Å²) in [6.45, 7) is 6.79. The fraction of sp³-hybridized carbons (Fsp3) is 0.500. The molecule has 96 valence electrons. The van der Waals surface area contributed by atoms with E-state index in [1.807, 2.05) is 0 Å². The Labute approximate surface area is 118 Å². The topological polar surface area (TPSA) is 75.3 Å². The Hall–Kier alpha value is -1.12. The van der Waals surface area contributed by atoms with Gasteiger partial charge in [0.05, 0.1) is 0 Å². The highest BCUT2D eigenvalue weighted by Crippen LogP contribution is 1.95. The minimum Gasteiger partial charge on any atom is -0.356 e. The monoisotopic (exact) mass is 351 g/mol. The molecule has 1 heterocycles. The number of nitrogens with one attached hydrogen (secondary N) is 2. The van der Waals surface area contributed by atoms with E-state index in [0.29, 0.717) is 31.2 Å². The van der Waals surface area contributed by atoms with Crippen molar-refractivity contribution in [3.63, 3.8) is 0 Å². The molecule has 0 aliphatic rings. The number of aromatic nitrogens is 2. The molecule has 0 aromatic carbocycles. The Morgan fingerprint density at radius 1 is 1.53 bits per heavy atom. The second-order valence-corrected chi connectivity index (χ2v) is 3.15. The maximum absolute atomic E-state index is 4.98. The van der Waals surface area contributed by atoms with Gasteiger partial charge in [-0.05, 0) is 6.92 Å². The molecule has 0 atom stereocenters. The van der Waals surface area contributed by atoms with Crippen molar-refractivity contribution in [2.45, 2.75) is 13.3 Å². The molecule has 0 amide bonds. The van der Waals surface area contributed by atoms with E-state index >= 15 is 0 Å². The summed E-state index contributed by atoms with van der Waals surface area (Å²) in [5, 5.41) is 9.90. The largest absolute Gasteiger partial charge is 0.356 e. The first-order valence-corrected chi connectivity index (χ1v) is 5.11. The van der Waals surface area contributed by atoms with Crippen LogP contribution in [0.1, 0.15) is 11.7 Å². The van der Waals surface area contributed by atoms with E-state index in [1.54, 1.807) is 20.0 Å². The van der Waals surface area contributed by atoms with E-state index in [1.165, 1.54) is 0 Å². The summed E-state index contributed by atoms with van der Waals surface area (Å²) in [5.74, 6) is 2.02. The number of rotatable bonds is 5. The molecule has 0 aliphatic carbocycles. The molecule has 0 radical (unpaired) electrons. The Kier molecular flexibility index (Phi) is 8.38. The zero-order valence-corrected chi connectivity index (χ0v) is 12.4. The molecule has 1 rings (SSSR count). The first-order valence-electron chi connectivity index (χ1n) is 5.11. The fourth-order valence-electron chi connectivity index (χ4n) is 1.12. The van der Waals surface area contributed by atoms with E-state index in [9.17, 15) is 0 Å². The number of aryl methyl sites for hydroxylation is 1. The average Bonchev–Trinajstić information content (AvgIpc) is 2.69. The highest BCUT2D eigenvalue weighted by Gasteiger charge is 2.02. The quantitative estimate of drug-likeness (QED) is 0.357. The van der Waals surface area contributed by atoms with Gasteiger partial charge in [0.25, 0.3) is 0 Å². The summed E-state index contributed by atoms with van der Waals surface area (Å²) in [6.07, 6.45) is 2.45. The van der Waals surface area contributed by atoms with Crippen LogP contribution in [-0.2, 0) is 6.42 Å². The summed E-state index contributed by atoms with van der Waals surface area (Å²) in [7, 11) is 1.72. The van der Waals surface area contributed by atoms with E-state index in [4.69, 9.17) is 4.52 Å². The van der Waals surface area contributed by atoms with E-state index < -0.39 is 0 Å². The van der Waals surface area contributed by atoms with Crippen LogP contribution >= 0.6 is 24.0 Å². The molecule has 0 bridgehead atoms. The fourth-order valence-corrected chi connectivity index (χ4v) is 1.12. The molecule has 6 nitrogen and oxygen atoms in total. The van der Waals surface area contributed by atoms with Crippen LogP contribution in [0.2, 0.25) is 0 Å². The van der Waals surface area contributed by atoms with Crippen molar-refractivity contribution in [2.24, 2.45) is 4.99 Å². The predicted octanol–water partition coefficient (Wildman–Crippen LogP) is 0.890. The van der Waals surface area contributed by atoms with Gasteiger partial charge in [-0.2, -0.15) is 4.98 Å². The summed E-state index contributed by atoms with van der Waals surface area (Å²) in [5.41, 5.74) is 0. The van der Waals surface area contributed by atoms with Crippen LogP contribution in [0.5, 0.6) is 0 Å². The lowest BCUT2D eigenvalue weighted by molar-refractivity contribution is 0.374. The third-order valence-corrected chi connectivity index (χ3v) is 1.84. The van der Waals surface area contributed by atoms with Crippen molar-refractivity contribution in [1.29, 1.82) is 0 Å². The normalized spacial score (nSPS) is 10.6. The molecular weight excluding hydrogens is 333 g/mol. The zero-order valence-electron chi connectivity index (χ0n) is 10.1. The van der Waals surface area contributed by atoms with Crippen molar-refractivity contribution in [1.82, 2.24) is 20.8 Å². The van der Waals surface area contributed by atoms with Gasteiger partial charge in [-0.3, -0.25) is 4.99 Å². The van der Waals surface area contributed by atoms with Crippen LogP contribution in [-0.4, -0.2) is 36.2 Å². The summed E-state index contributed by atoms with van der Waals surface area (Å²) >= 11 is 0. The molecule has 2 N–H and O–H groups in total. The van der Waals surface area contributed by atoms with Crippen molar-refractivity contribution in [3.8, 4) is 0 Å². The Morgan fingerprint density at radius 3 is 2.82 bits per heavy atom. The number of hydrogen-bond donors (Lipinski definition) is 2. The van der Waals surface area contributed by atoms with E-state index in [0.717, 1.165) is 5.96 Å². The van der Waals surface area contributed by atoms with Gasteiger partial charge in [0.15, 0.2) is 11.8 Å². The number of hydrogen-bond acceptors (Lipinski definition) is 4. The van der Waals surface area contributed by atoms with Gasteiger partial charge in [0.1, 0.15) is 0 Å². The molecule has 0 aliphatic heterocycles. The standard InChI is InChI=1S/C10H17N5O.HI/c1-4-6-12-10(11-3)13-7-5-9-14-8(2)15-16-9;/h4H,1,5-7H2,2-3H3,(H2,11,12,13);1H. The molecular formula is C10H18IN5O. The smallest absolute Gasteiger partial charge is 0.228 e. The average molecular weight is 351 g/mol. The van der Waals surface area contributed by atoms with Crippen molar-refractivity contribution < 1.29 is 4.52 Å². The lowest BCUT2D eigenvalue weighted by Gasteiger charge is -2.08. The minimum atomic E-state index is 0. The van der Waals surface area contributed by atoms with Crippen LogP contribution < -0.4 is 10.6 Å². The summed E-state index contributed by atoms with van der Waals surface area (Å²) in [4.78, 5) is 8.14. The zero-order chi connectivity index (χ0) is 11.8. The van der Waals surface area contributed by atoms with Crippen LogP contribution in [0.15, 0.2) is 22.2 Å². The molecule has 0 unspecified atom stereocenters. The third-order valence-electron chi connectivity index (χ3n) is 1.84. The molecule has 0 saturated heterocycles. The molecule has 7 heteroatoms. The van der Waals surface area contributed by atoms with Gasteiger partial charge in [0, 0.05) is 26.6 Å². The van der Waals surface area contributed by atoms with Crippen molar-refractivity contribution in [2.75, 3.05) is 20.1 Å². The Bertz CT molecular complexity index is 363. The molecule has 0 fully saturated rings. The van der Waals surface area contributed by atoms with E-state index in [-0.39, 0.29) is 24.0 Å². The first kappa shape index (κ1) is 15.9. The van der Waals surface area contributed by atoms with Crippen LogP contribution in [0.4, 0.5) is 0 Å². The van der Waals surface area contributed by atoms with Gasteiger partial charge in [-0.15, -0.1) is 30.6 Å². The molecule has 1 aromatic rings. The summed E-state index contributed by atoms with van der Waals surface area (Å²) < 4.78 is 4.98. The van der Waals surface area contributed by atoms with Gasteiger partial charge >= 0.3 is 0 Å². The predicted molar refractivity (Wildman–Crippen MR) is 77.7 cm³/mol. The maximum atomic E-state index is 4.98. The first-order chi connectivity index (χ1) is 7.76. The highest BCUT2D eigenvalue weighted by atomic mass is 127. The Morgan fingerprint density at radius 2 is 2.29 bits per heavy atom. The third kappa shape index (κ3) is 6.25. The van der Waals surface area contributed by atoms with Crippen LogP contribution in [0, 0.1) is 6.92 Å². The van der Waals surface area contributed by atoms with E-state index in [2.05, 4.69) is 32.3 Å². The van der Waals surface area contributed by atoms with Crippen molar-refractivity contribution >= 4 is 29.9 Å². The number of halogens is 1.